The first kappa shape index (κ1) is 15.1. The molecule has 1 aromatic rings. The number of carbonyl (C=O) groups is 1. The maximum absolute atomic E-state index is 11.3. The molecular formula is C15H24N2O3. The van der Waals surface area contributed by atoms with Gasteiger partial charge in [0.25, 0.3) is 0 Å². The first-order chi connectivity index (χ1) is 9.63. The normalized spacial score (nSPS) is 21.1. The van der Waals surface area contributed by atoms with Gasteiger partial charge in [-0.3, -0.25) is 0 Å². The van der Waals surface area contributed by atoms with Crippen LogP contribution in [0.4, 0.5) is 0 Å². The van der Waals surface area contributed by atoms with Crippen LogP contribution >= 0.6 is 0 Å². The second-order valence-corrected chi connectivity index (χ2v) is 5.37. The van der Waals surface area contributed by atoms with Crippen molar-refractivity contribution in [3.8, 4) is 0 Å². The fraction of sp³-hybridized carbons (Fsp3) is 0.667. The Bertz CT molecular complexity index is 444. The monoisotopic (exact) mass is 280 g/mol. The Labute approximate surface area is 120 Å². The van der Waals surface area contributed by atoms with Gasteiger partial charge in [0.05, 0.1) is 13.2 Å². The zero-order chi connectivity index (χ0) is 14.5. The number of carbonyl (C=O) groups excluding carboxylic acids is 1. The van der Waals surface area contributed by atoms with Crippen LogP contribution in [-0.4, -0.2) is 44.2 Å². The Morgan fingerprint density at radius 1 is 1.60 bits per heavy atom. The van der Waals surface area contributed by atoms with Crippen LogP contribution in [0.1, 0.15) is 42.6 Å². The molecule has 0 amide bonds. The van der Waals surface area contributed by atoms with Gasteiger partial charge in [-0.25, -0.2) is 4.79 Å². The quantitative estimate of drug-likeness (QED) is 0.808. The molecule has 0 aliphatic carbocycles. The number of likely N-dealkylation sites (tertiary alicyclic amines) is 1. The molecule has 0 bridgehead atoms. The Morgan fingerprint density at radius 2 is 2.40 bits per heavy atom. The summed E-state index contributed by atoms with van der Waals surface area (Å²) >= 11 is 0. The third-order valence-corrected chi connectivity index (χ3v) is 3.97. The number of esters is 1. The molecule has 1 aromatic heterocycles. The third-order valence-electron chi connectivity index (χ3n) is 3.97. The van der Waals surface area contributed by atoms with Crippen LogP contribution in [0.3, 0.4) is 0 Å². The summed E-state index contributed by atoms with van der Waals surface area (Å²) in [6, 6.07) is 3.59. The number of nitrogens with one attached hydrogen (secondary N) is 1. The summed E-state index contributed by atoms with van der Waals surface area (Å²) in [6.45, 7) is 8.73. The highest BCUT2D eigenvalue weighted by Crippen LogP contribution is 2.19. The van der Waals surface area contributed by atoms with Crippen molar-refractivity contribution < 1.29 is 13.9 Å². The molecule has 5 nitrogen and oxygen atoms in total. The van der Waals surface area contributed by atoms with E-state index in [2.05, 4.69) is 21.9 Å². The van der Waals surface area contributed by atoms with E-state index in [9.17, 15) is 4.79 Å². The lowest BCUT2D eigenvalue weighted by atomic mass is 10.1. The number of furan rings is 1. The lowest BCUT2D eigenvalue weighted by Crippen LogP contribution is -2.28. The largest absolute Gasteiger partial charge is 0.463 e. The Balaban J connectivity index is 1.81. The van der Waals surface area contributed by atoms with Crippen molar-refractivity contribution >= 4 is 5.97 Å². The van der Waals surface area contributed by atoms with E-state index >= 15 is 0 Å². The molecule has 1 fully saturated rings. The summed E-state index contributed by atoms with van der Waals surface area (Å²) in [5, 5.41) is 3.48. The lowest BCUT2D eigenvalue weighted by molar-refractivity contribution is 0.0562. The van der Waals surface area contributed by atoms with E-state index < -0.39 is 5.97 Å². The first-order valence-electron chi connectivity index (χ1n) is 7.27. The summed E-state index contributed by atoms with van der Waals surface area (Å²) < 4.78 is 10.1. The lowest BCUT2D eigenvalue weighted by Gasteiger charge is -2.16. The summed E-state index contributed by atoms with van der Waals surface area (Å²) in [5.41, 5.74) is 0. The number of nitrogens with zero attached hydrogens (tertiary/aromatic N) is 1. The maximum atomic E-state index is 11.3. The average Bonchev–Trinajstić information content (AvgIpc) is 3.12. The van der Waals surface area contributed by atoms with E-state index in [1.54, 1.807) is 6.07 Å². The molecule has 0 spiro atoms. The van der Waals surface area contributed by atoms with Gasteiger partial charge in [0, 0.05) is 6.54 Å². The number of ether oxygens (including phenoxy) is 1. The summed E-state index contributed by atoms with van der Waals surface area (Å²) in [5.74, 6) is 1.30. The fourth-order valence-electron chi connectivity index (χ4n) is 2.61. The van der Waals surface area contributed by atoms with Crippen molar-refractivity contribution in [3.63, 3.8) is 0 Å². The predicted molar refractivity (Wildman–Crippen MR) is 76.7 cm³/mol. The smallest absolute Gasteiger partial charge is 0.373 e. The van der Waals surface area contributed by atoms with E-state index in [4.69, 9.17) is 4.42 Å². The van der Waals surface area contributed by atoms with E-state index in [1.165, 1.54) is 26.6 Å². The molecular weight excluding hydrogens is 256 g/mol. The zero-order valence-corrected chi connectivity index (χ0v) is 12.5. The summed E-state index contributed by atoms with van der Waals surface area (Å²) in [4.78, 5) is 13.8. The van der Waals surface area contributed by atoms with Gasteiger partial charge in [-0.05, 0) is 51.0 Å². The summed E-state index contributed by atoms with van der Waals surface area (Å²) in [7, 11) is 1.35. The molecule has 2 atom stereocenters. The van der Waals surface area contributed by atoms with Crippen LogP contribution in [0.5, 0.6) is 0 Å². The number of hydrogen-bond acceptors (Lipinski definition) is 5. The second-order valence-electron chi connectivity index (χ2n) is 5.37. The average molecular weight is 280 g/mol. The molecule has 2 heterocycles. The van der Waals surface area contributed by atoms with Gasteiger partial charge >= 0.3 is 5.97 Å². The highest BCUT2D eigenvalue weighted by molar-refractivity contribution is 5.86. The van der Waals surface area contributed by atoms with E-state index in [0.29, 0.717) is 5.92 Å². The molecule has 112 valence electrons. The molecule has 2 unspecified atom stereocenters. The molecule has 0 saturated carbocycles. The minimum atomic E-state index is -0.433. The van der Waals surface area contributed by atoms with Crippen molar-refractivity contribution in [1.82, 2.24) is 10.2 Å². The number of methoxy groups -OCH3 is 1. The molecule has 20 heavy (non-hydrogen) atoms. The van der Waals surface area contributed by atoms with Gasteiger partial charge in [-0.2, -0.15) is 0 Å². The third kappa shape index (κ3) is 3.61. The molecule has 1 aliphatic rings. The van der Waals surface area contributed by atoms with Gasteiger partial charge in [-0.1, -0.05) is 6.92 Å². The van der Waals surface area contributed by atoms with Crippen LogP contribution in [0.25, 0.3) is 0 Å². The van der Waals surface area contributed by atoms with Crippen LogP contribution in [0, 0.1) is 5.92 Å². The van der Waals surface area contributed by atoms with Gasteiger partial charge in [0.1, 0.15) is 5.76 Å². The number of hydrogen-bond donors (Lipinski definition) is 1. The molecule has 1 saturated heterocycles. The van der Waals surface area contributed by atoms with Crippen LogP contribution in [0.15, 0.2) is 16.5 Å². The van der Waals surface area contributed by atoms with E-state index in [1.807, 2.05) is 13.0 Å². The molecule has 0 aromatic carbocycles. The predicted octanol–water partition coefficient (Wildman–Crippen LogP) is 2.06. The minimum Gasteiger partial charge on any atom is -0.463 e. The van der Waals surface area contributed by atoms with E-state index in [0.717, 1.165) is 18.8 Å². The highest BCUT2D eigenvalue weighted by Gasteiger charge is 2.22. The Kier molecular flexibility index (Phi) is 5.20. The molecule has 2 rings (SSSR count). The molecule has 1 aliphatic heterocycles. The van der Waals surface area contributed by atoms with Gasteiger partial charge in [0.2, 0.25) is 5.76 Å². The molecule has 0 radical (unpaired) electrons. The van der Waals surface area contributed by atoms with Crippen molar-refractivity contribution in [3.05, 3.63) is 23.7 Å². The highest BCUT2D eigenvalue weighted by atomic mass is 16.5. The Morgan fingerprint density at radius 3 is 3.05 bits per heavy atom. The number of rotatable bonds is 6. The van der Waals surface area contributed by atoms with Crippen molar-refractivity contribution in [2.45, 2.75) is 26.3 Å². The second kappa shape index (κ2) is 6.90. The minimum absolute atomic E-state index is 0.101. The SMILES string of the molecule is CCN1CCC(CNC(C)c2ccc(C(=O)OC)o2)C1. The molecule has 5 heteroatoms. The molecule has 1 N–H and O–H groups in total. The topological polar surface area (TPSA) is 54.7 Å². The zero-order valence-electron chi connectivity index (χ0n) is 12.5. The maximum Gasteiger partial charge on any atom is 0.373 e. The van der Waals surface area contributed by atoms with Gasteiger partial charge in [0.15, 0.2) is 0 Å². The fourth-order valence-corrected chi connectivity index (χ4v) is 2.61. The van der Waals surface area contributed by atoms with Gasteiger partial charge < -0.3 is 19.4 Å². The standard InChI is InChI=1S/C15H24N2O3/c1-4-17-8-7-12(10-17)9-16-11(2)13-5-6-14(20-13)15(18)19-3/h5-6,11-12,16H,4,7-10H2,1-3H3. The van der Waals surface area contributed by atoms with Crippen molar-refractivity contribution in [2.24, 2.45) is 5.92 Å². The van der Waals surface area contributed by atoms with Crippen LogP contribution in [0.2, 0.25) is 0 Å². The van der Waals surface area contributed by atoms with E-state index in [-0.39, 0.29) is 11.8 Å². The van der Waals surface area contributed by atoms with Crippen LogP contribution < -0.4 is 5.32 Å². The van der Waals surface area contributed by atoms with Crippen molar-refractivity contribution in [2.75, 3.05) is 33.3 Å². The van der Waals surface area contributed by atoms with Gasteiger partial charge in [-0.15, -0.1) is 0 Å². The summed E-state index contributed by atoms with van der Waals surface area (Å²) in [6.07, 6.45) is 1.25. The Hall–Kier alpha value is -1.33. The van der Waals surface area contributed by atoms with Crippen molar-refractivity contribution in [1.29, 1.82) is 0 Å². The first-order valence-corrected chi connectivity index (χ1v) is 7.27. The van der Waals surface area contributed by atoms with Crippen LogP contribution in [-0.2, 0) is 4.74 Å².